The van der Waals surface area contributed by atoms with E-state index in [0.717, 1.165) is 10.9 Å². The Morgan fingerprint density at radius 1 is 0.933 bits per heavy atom. The van der Waals surface area contributed by atoms with E-state index in [-0.39, 0.29) is 59.1 Å². The maximum atomic E-state index is 13.7. The number of benzene rings is 3. The summed E-state index contributed by atoms with van der Waals surface area (Å²) in [6.45, 7) is 0. The molecule has 1 aromatic heterocycles. The van der Waals surface area contributed by atoms with Gasteiger partial charge >= 0.3 is 5.97 Å². The van der Waals surface area contributed by atoms with E-state index in [2.05, 4.69) is 28.1 Å². The number of rotatable bonds is 8. The number of hydrogen-bond acceptors (Lipinski definition) is 6. The lowest BCUT2D eigenvalue weighted by Gasteiger charge is -2.18. The van der Waals surface area contributed by atoms with Crippen molar-refractivity contribution in [3.05, 3.63) is 106 Å². The van der Waals surface area contributed by atoms with Gasteiger partial charge in [0.05, 0.1) is 34.3 Å². The second kappa shape index (κ2) is 11.8. The molecule has 2 aliphatic carbocycles. The monoisotopic (exact) mass is 702 g/mol. The fraction of sp³-hybridized carbons (Fsp3) is 0.229. The average Bonchev–Trinajstić information content (AvgIpc) is 3.73. The van der Waals surface area contributed by atoms with E-state index in [0.29, 0.717) is 38.4 Å². The lowest BCUT2D eigenvalue weighted by atomic mass is 9.85. The molecule has 1 saturated heterocycles. The number of aromatic nitrogens is 1. The van der Waals surface area contributed by atoms with Crippen LogP contribution in [0.25, 0.3) is 22.2 Å². The summed E-state index contributed by atoms with van der Waals surface area (Å²) in [6.07, 6.45) is 4.04. The van der Waals surface area contributed by atoms with Gasteiger partial charge in [0.25, 0.3) is 0 Å². The van der Waals surface area contributed by atoms with Gasteiger partial charge in [0.2, 0.25) is 17.6 Å². The number of amides is 2. The van der Waals surface area contributed by atoms with Crippen LogP contribution in [0.1, 0.15) is 33.6 Å². The maximum absolute atomic E-state index is 13.7. The molecule has 4 aromatic rings. The summed E-state index contributed by atoms with van der Waals surface area (Å²) >= 11 is 15.4. The lowest BCUT2D eigenvalue weighted by molar-refractivity contribution is -0.123. The highest BCUT2D eigenvalue weighted by Gasteiger charge is 2.59. The molecule has 2 bridgehead atoms. The summed E-state index contributed by atoms with van der Waals surface area (Å²) in [5, 5.41) is 1.03. The van der Waals surface area contributed by atoms with Gasteiger partial charge in [-0.15, -0.1) is 11.6 Å². The number of allylic oxidation sites excluding steroid dienone is 2. The molecule has 5 atom stereocenters. The zero-order valence-electron chi connectivity index (χ0n) is 23.7. The first kappa shape index (κ1) is 29.8. The number of esters is 1. The fourth-order valence-electron chi connectivity index (χ4n) is 6.79. The standard InChI is InChI=1S/C35H25BrCl2N2O5/c36-22-7-12-27-25(16-22)26(35(44)45-29(13-14-37)32(41)19-3-8-23(38)9-4-19)17-28(39-27)18-5-10-24(11-6-18)40-33(42)30-20-1-2-21(15-20)31(30)34(40)43/h1-12,16-17,20-21,29-31H,13-15H2. The number of carbonyl (C=O) groups excluding carboxylic acids is 4. The van der Waals surface area contributed by atoms with Gasteiger partial charge < -0.3 is 4.74 Å². The molecule has 1 aliphatic heterocycles. The number of ketones is 1. The van der Waals surface area contributed by atoms with Crippen LogP contribution in [0, 0.1) is 23.7 Å². The highest BCUT2D eigenvalue weighted by atomic mass is 79.9. The second-order valence-corrected chi connectivity index (χ2v) is 13.2. The SMILES string of the molecule is O=C(OC(CCCl)C(=O)c1ccc(Cl)cc1)c1cc(-c2ccc(N3C(=O)C4C5C=CC(C5)C4C3=O)cc2)nc2ccc(Br)cc12. The summed E-state index contributed by atoms with van der Waals surface area (Å²) in [5.41, 5.74) is 2.80. The van der Waals surface area contributed by atoms with Crippen molar-refractivity contribution >= 4 is 79.3 Å². The number of hydrogen-bond donors (Lipinski definition) is 0. The highest BCUT2D eigenvalue weighted by molar-refractivity contribution is 9.10. The van der Waals surface area contributed by atoms with E-state index in [1.54, 1.807) is 66.7 Å². The average molecular weight is 704 g/mol. The number of Topliss-reactive ketones (excluding diaryl/α,β-unsaturated/α-hetero) is 1. The van der Waals surface area contributed by atoms with E-state index in [9.17, 15) is 19.2 Å². The molecule has 226 valence electrons. The molecule has 0 N–H and O–H groups in total. The van der Waals surface area contributed by atoms with Crippen LogP contribution in [0.15, 0.2) is 89.4 Å². The van der Waals surface area contributed by atoms with Crippen LogP contribution >= 0.6 is 39.1 Å². The van der Waals surface area contributed by atoms with Crippen molar-refractivity contribution in [2.75, 3.05) is 10.8 Å². The molecule has 7 nitrogen and oxygen atoms in total. The number of fused-ring (bicyclic) bond motifs is 6. The summed E-state index contributed by atoms with van der Waals surface area (Å²) < 4.78 is 6.54. The second-order valence-electron chi connectivity index (χ2n) is 11.5. The van der Waals surface area contributed by atoms with Crippen LogP contribution in [0.4, 0.5) is 5.69 Å². The van der Waals surface area contributed by atoms with E-state index in [1.165, 1.54) is 4.90 Å². The van der Waals surface area contributed by atoms with Crippen molar-refractivity contribution in [2.24, 2.45) is 23.7 Å². The normalized spacial score (nSPS) is 22.2. The Hall–Kier alpha value is -3.85. The van der Waals surface area contributed by atoms with Crippen LogP contribution in [0.3, 0.4) is 0 Å². The number of alkyl halides is 1. The van der Waals surface area contributed by atoms with E-state index >= 15 is 0 Å². The van der Waals surface area contributed by atoms with E-state index < -0.39 is 12.1 Å². The molecule has 2 fully saturated rings. The number of pyridine rings is 1. The Morgan fingerprint density at radius 2 is 1.60 bits per heavy atom. The zero-order valence-corrected chi connectivity index (χ0v) is 26.8. The van der Waals surface area contributed by atoms with Gasteiger partial charge in [0.15, 0.2) is 6.10 Å². The van der Waals surface area contributed by atoms with Crippen LogP contribution in [-0.2, 0) is 14.3 Å². The van der Waals surface area contributed by atoms with Gasteiger partial charge in [-0.2, -0.15) is 0 Å². The largest absolute Gasteiger partial charge is 0.450 e. The molecule has 45 heavy (non-hydrogen) atoms. The van der Waals surface area contributed by atoms with Crippen LogP contribution < -0.4 is 4.90 Å². The number of ether oxygens (including phenoxy) is 1. The van der Waals surface area contributed by atoms with Crippen molar-refractivity contribution in [2.45, 2.75) is 18.9 Å². The van der Waals surface area contributed by atoms with Gasteiger partial charge in [0.1, 0.15) is 0 Å². The zero-order chi connectivity index (χ0) is 31.4. The van der Waals surface area contributed by atoms with Crippen molar-refractivity contribution in [3.8, 4) is 11.3 Å². The molecule has 0 spiro atoms. The van der Waals surface area contributed by atoms with Crippen LogP contribution in [-0.4, -0.2) is 40.5 Å². The Bertz CT molecular complexity index is 1880. The van der Waals surface area contributed by atoms with Gasteiger partial charge in [0, 0.05) is 38.3 Å². The molecule has 2 heterocycles. The molecule has 10 heteroatoms. The molecule has 7 rings (SSSR count). The summed E-state index contributed by atoms with van der Waals surface area (Å²) in [4.78, 5) is 59.6. The maximum Gasteiger partial charge on any atom is 0.339 e. The topological polar surface area (TPSA) is 93.6 Å². The third-order valence-corrected chi connectivity index (χ3v) is 9.89. The number of anilines is 1. The molecule has 2 amide bonds. The number of carbonyl (C=O) groups is 4. The van der Waals surface area contributed by atoms with Crippen LogP contribution in [0.2, 0.25) is 5.02 Å². The van der Waals surface area contributed by atoms with Crippen molar-refractivity contribution in [1.82, 2.24) is 4.98 Å². The molecular formula is C35H25BrCl2N2O5. The predicted molar refractivity (Wildman–Crippen MR) is 175 cm³/mol. The Morgan fingerprint density at radius 3 is 2.24 bits per heavy atom. The smallest absolute Gasteiger partial charge is 0.339 e. The number of nitrogens with zero attached hydrogens (tertiary/aromatic N) is 2. The van der Waals surface area contributed by atoms with Gasteiger partial charge in [-0.25, -0.2) is 9.78 Å². The Labute approximate surface area is 277 Å². The van der Waals surface area contributed by atoms with Gasteiger partial charge in [-0.1, -0.05) is 51.8 Å². The van der Waals surface area contributed by atoms with Gasteiger partial charge in [-0.3, -0.25) is 19.3 Å². The molecule has 5 unspecified atom stereocenters. The van der Waals surface area contributed by atoms with Gasteiger partial charge in [-0.05, 0) is 78.9 Å². The summed E-state index contributed by atoms with van der Waals surface area (Å²) in [5.74, 6) is -1.56. The number of halogens is 3. The van der Waals surface area contributed by atoms with E-state index in [1.807, 2.05) is 6.07 Å². The first-order chi connectivity index (χ1) is 21.7. The predicted octanol–water partition coefficient (Wildman–Crippen LogP) is 7.67. The summed E-state index contributed by atoms with van der Waals surface area (Å²) in [6, 6.07) is 20.4. The minimum absolute atomic E-state index is 0.110. The Balaban J connectivity index is 1.19. The molecule has 1 saturated carbocycles. The van der Waals surface area contributed by atoms with Crippen molar-refractivity contribution in [1.29, 1.82) is 0 Å². The first-order valence-electron chi connectivity index (χ1n) is 14.6. The molecule has 3 aromatic carbocycles. The Kier molecular flexibility index (Phi) is 7.84. The fourth-order valence-corrected chi connectivity index (χ4v) is 7.47. The molecule has 0 radical (unpaired) electrons. The highest BCUT2D eigenvalue weighted by Crippen LogP contribution is 2.53. The van der Waals surface area contributed by atoms with Crippen molar-refractivity contribution in [3.63, 3.8) is 0 Å². The third-order valence-electron chi connectivity index (χ3n) is 8.92. The minimum Gasteiger partial charge on any atom is -0.450 e. The van der Waals surface area contributed by atoms with Crippen LogP contribution in [0.5, 0.6) is 0 Å². The van der Waals surface area contributed by atoms with Crippen molar-refractivity contribution < 1.29 is 23.9 Å². The first-order valence-corrected chi connectivity index (χ1v) is 16.3. The van der Waals surface area contributed by atoms with E-state index in [4.69, 9.17) is 32.9 Å². The number of imide groups is 1. The quantitative estimate of drug-likeness (QED) is 0.0615. The molecular weight excluding hydrogens is 679 g/mol. The minimum atomic E-state index is -1.10. The lowest BCUT2D eigenvalue weighted by Crippen LogP contribution is -2.32. The summed E-state index contributed by atoms with van der Waals surface area (Å²) in [7, 11) is 0. The third kappa shape index (κ3) is 5.29. The molecule has 3 aliphatic rings.